The van der Waals surface area contributed by atoms with E-state index in [0.29, 0.717) is 18.8 Å². The molecule has 1 fully saturated rings. The van der Waals surface area contributed by atoms with E-state index in [2.05, 4.69) is 0 Å². The summed E-state index contributed by atoms with van der Waals surface area (Å²) in [5.74, 6) is 0.269. The van der Waals surface area contributed by atoms with Crippen LogP contribution in [0, 0.1) is 10.1 Å². The molecule has 1 saturated carbocycles. The Balaban J connectivity index is 2.29. The van der Waals surface area contributed by atoms with Crippen LogP contribution in [0.4, 0.5) is 11.4 Å². The highest BCUT2D eigenvalue weighted by atomic mass is 16.6. The Kier molecular flexibility index (Phi) is 4.67. The lowest BCUT2D eigenvalue weighted by Crippen LogP contribution is -2.39. The fourth-order valence-electron chi connectivity index (χ4n) is 2.99. The van der Waals surface area contributed by atoms with Crippen LogP contribution in [0.5, 0.6) is 5.75 Å². The SMILES string of the molecule is CCOc1cccc(N(C)CC2(O)CCCC2)c1[N+](=O)[O-]. The molecular formula is C15H22N2O4. The van der Waals surface area contributed by atoms with E-state index in [1.165, 1.54) is 0 Å². The lowest BCUT2D eigenvalue weighted by Gasteiger charge is -2.30. The first-order valence-electron chi connectivity index (χ1n) is 7.30. The largest absolute Gasteiger partial charge is 0.487 e. The zero-order valence-corrected chi connectivity index (χ0v) is 12.5. The number of nitro groups is 1. The van der Waals surface area contributed by atoms with Crippen molar-refractivity contribution in [3.63, 3.8) is 0 Å². The van der Waals surface area contributed by atoms with Gasteiger partial charge in [0.05, 0.1) is 17.1 Å². The number of ether oxygens (including phenoxy) is 1. The van der Waals surface area contributed by atoms with E-state index in [1.54, 1.807) is 37.1 Å². The second-order valence-corrected chi connectivity index (χ2v) is 5.60. The highest BCUT2D eigenvalue weighted by molar-refractivity contribution is 5.69. The number of para-hydroxylation sites is 1. The molecule has 0 atom stereocenters. The second-order valence-electron chi connectivity index (χ2n) is 5.60. The molecule has 0 saturated heterocycles. The molecular weight excluding hydrogens is 272 g/mol. The van der Waals surface area contributed by atoms with Gasteiger partial charge in [-0.05, 0) is 31.9 Å². The summed E-state index contributed by atoms with van der Waals surface area (Å²) < 4.78 is 5.35. The maximum Gasteiger partial charge on any atom is 0.333 e. The van der Waals surface area contributed by atoms with Gasteiger partial charge < -0.3 is 14.7 Å². The molecule has 0 unspecified atom stereocenters. The number of aliphatic hydroxyl groups is 1. The highest BCUT2D eigenvalue weighted by Gasteiger charge is 2.34. The molecule has 0 spiro atoms. The molecule has 2 rings (SSSR count). The van der Waals surface area contributed by atoms with Gasteiger partial charge in [0.1, 0.15) is 5.69 Å². The van der Waals surface area contributed by atoms with Gasteiger partial charge in [0, 0.05) is 13.6 Å². The maximum absolute atomic E-state index is 11.4. The number of nitrogens with zero attached hydrogens (tertiary/aromatic N) is 2. The summed E-state index contributed by atoms with van der Waals surface area (Å²) in [5, 5.41) is 21.9. The number of likely N-dealkylation sites (N-methyl/N-ethyl adjacent to an activating group) is 1. The van der Waals surface area contributed by atoms with Crippen molar-refractivity contribution in [1.82, 2.24) is 0 Å². The van der Waals surface area contributed by atoms with Crippen molar-refractivity contribution < 1.29 is 14.8 Å². The van der Waals surface area contributed by atoms with Crippen LogP contribution in [0.3, 0.4) is 0 Å². The maximum atomic E-state index is 11.4. The first-order valence-corrected chi connectivity index (χ1v) is 7.30. The molecule has 6 nitrogen and oxygen atoms in total. The lowest BCUT2D eigenvalue weighted by atomic mass is 10.0. The van der Waals surface area contributed by atoms with Crippen molar-refractivity contribution in [1.29, 1.82) is 0 Å². The summed E-state index contributed by atoms with van der Waals surface area (Å²) in [5.41, 5.74) is -0.306. The third kappa shape index (κ3) is 3.44. The smallest absolute Gasteiger partial charge is 0.333 e. The molecule has 1 aromatic rings. The molecule has 0 radical (unpaired) electrons. The Morgan fingerprint density at radius 1 is 1.43 bits per heavy atom. The van der Waals surface area contributed by atoms with E-state index in [0.717, 1.165) is 25.7 Å². The van der Waals surface area contributed by atoms with Crippen molar-refractivity contribution in [2.24, 2.45) is 0 Å². The summed E-state index contributed by atoms with van der Waals surface area (Å²) in [7, 11) is 1.77. The normalized spacial score (nSPS) is 16.7. The summed E-state index contributed by atoms with van der Waals surface area (Å²) in [6, 6.07) is 5.03. The number of anilines is 1. The number of rotatable bonds is 6. The van der Waals surface area contributed by atoms with Gasteiger partial charge in [-0.2, -0.15) is 0 Å². The predicted octanol–water partition coefficient (Wildman–Crippen LogP) is 2.73. The number of hydrogen-bond donors (Lipinski definition) is 1. The average Bonchev–Trinajstić information content (AvgIpc) is 2.85. The Bertz CT molecular complexity index is 512. The van der Waals surface area contributed by atoms with Crippen LogP contribution in [-0.2, 0) is 0 Å². The first-order chi connectivity index (χ1) is 9.97. The minimum atomic E-state index is -0.746. The molecule has 0 amide bonds. The average molecular weight is 294 g/mol. The van der Waals surface area contributed by atoms with Crippen molar-refractivity contribution in [3.05, 3.63) is 28.3 Å². The fraction of sp³-hybridized carbons (Fsp3) is 0.600. The van der Waals surface area contributed by atoms with Crippen LogP contribution in [0.1, 0.15) is 32.6 Å². The topological polar surface area (TPSA) is 75.8 Å². The standard InChI is InChI=1S/C15H22N2O4/c1-3-21-13-8-6-7-12(14(13)17(19)20)16(2)11-15(18)9-4-5-10-15/h6-8,18H,3-5,9-11H2,1-2H3. The molecule has 0 aliphatic heterocycles. The predicted molar refractivity (Wildman–Crippen MR) is 81.0 cm³/mol. The minimum absolute atomic E-state index is 0.0385. The lowest BCUT2D eigenvalue weighted by molar-refractivity contribution is -0.385. The van der Waals surface area contributed by atoms with Crippen LogP contribution in [0.25, 0.3) is 0 Å². The number of benzene rings is 1. The van der Waals surface area contributed by atoms with E-state index in [9.17, 15) is 15.2 Å². The van der Waals surface area contributed by atoms with Crippen molar-refractivity contribution in [3.8, 4) is 5.75 Å². The van der Waals surface area contributed by atoms with Crippen LogP contribution in [-0.4, -0.2) is 35.8 Å². The summed E-state index contributed by atoms with van der Waals surface area (Å²) in [4.78, 5) is 12.7. The third-order valence-corrected chi connectivity index (χ3v) is 3.94. The van der Waals surface area contributed by atoms with Gasteiger partial charge >= 0.3 is 5.69 Å². The monoisotopic (exact) mass is 294 g/mol. The van der Waals surface area contributed by atoms with Gasteiger partial charge in [-0.25, -0.2) is 0 Å². The molecule has 0 bridgehead atoms. The quantitative estimate of drug-likeness (QED) is 0.645. The van der Waals surface area contributed by atoms with Gasteiger partial charge in [-0.3, -0.25) is 10.1 Å². The van der Waals surface area contributed by atoms with Gasteiger partial charge in [0.15, 0.2) is 5.75 Å². The molecule has 1 aliphatic carbocycles. The van der Waals surface area contributed by atoms with Gasteiger partial charge in [-0.15, -0.1) is 0 Å². The molecule has 0 aromatic heterocycles. The summed E-state index contributed by atoms with van der Waals surface area (Å²) >= 11 is 0. The molecule has 116 valence electrons. The summed E-state index contributed by atoms with van der Waals surface area (Å²) in [6.45, 7) is 2.56. The Morgan fingerprint density at radius 2 is 2.10 bits per heavy atom. The summed E-state index contributed by atoms with van der Waals surface area (Å²) in [6.07, 6.45) is 3.50. The second kappa shape index (κ2) is 6.30. The minimum Gasteiger partial charge on any atom is -0.487 e. The molecule has 21 heavy (non-hydrogen) atoms. The van der Waals surface area contributed by atoms with E-state index in [1.807, 2.05) is 0 Å². The van der Waals surface area contributed by atoms with E-state index in [-0.39, 0.29) is 11.4 Å². The molecule has 6 heteroatoms. The number of nitro benzene ring substituents is 1. The Labute approximate surface area is 124 Å². The Morgan fingerprint density at radius 3 is 2.67 bits per heavy atom. The third-order valence-electron chi connectivity index (χ3n) is 3.94. The van der Waals surface area contributed by atoms with Crippen molar-refractivity contribution >= 4 is 11.4 Å². The fourth-order valence-corrected chi connectivity index (χ4v) is 2.99. The zero-order valence-electron chi connectivity index (χ0n) is 12.5. The highest BCUT2D eigenvalue weighted by Crippen LogP contribution is 2.38. The van der Waals surface area contributed by atoms with E-state index >= 15 is 0 Å². The van der Waals surface area contributed by atoms with Gasteiger partial charge in [-0.1, -0.05) is 18.9 Å². The Hall–Kier alpha value is -1.82. The van der Waals surface area contributed by atoms with Crippen LogP contribution < -0.4 is 9.64 Å². The first kappa shape index (κ1) is 15.6. The van der Waals surface area contributed by atoms with Crippen LogP contribution in [0.15, 0.2) is 18.2 Å². The zero-order chi connectivity index (χ0) is 15.5. The molecule has 1 aromatic carbocycles. The van der Waals surface area contributed by atoms with Crippen LogP contribution >= 0.6 is 0 Å². The van der Waals surface area contributed by atoms with Gasteiger partial charge in [0.25, 0.3) is 0 Å². The van der Waals surface area contributed by atoms with Crippen LogP contribution in [0.2, 0.25) is 0 Å². The van der Waals surface area contributed by atoms with Crippen molar-refractivity contribution in [2.45, 2.75) is 38.2 Å². The molecule has 0 heterocycles. The molecule has 1 N–H and O–H groups in total. The van der Waals surface area contributed by atoms with Gasteiger partial charge in [0.2, 0.25) is 0 Å². The molecule has 1 aliphatic rings. The van der Waals surface area contributed by atoms with E-state index in [4.69, 9.17) is 4.74 Å². The van der Waals surface area contributed by atoms with Crippen molar-refractivity contribution in [2.75, 3.05) is 25.1 Å². The number of hydrogen-bond acceptors (Lipinski definition) is 5. The van der Waals surface area contributed by atoms with E-state index < -0.39 is 10.5 Å².